The lowest BCUT2D eigenvalue weighted by atomic mass is 9.92. The van der Waals surface area contributed by atoms with Crippen molar-refractivity contribution in [3.05, 3.63) is 29.8 Å². The van der Waals surface area contributed by atoms with E-state index in [0.29, 0.717) is 12.1 Å². The highest BCUT2D eigenvalue weighted by Crippen LogP contribution is 2.24. The summed E-state index contributed by atoms with van der Waals surface area (Å²) < 4.78 is 6.11. The lowest BCUT2D eigenvalue weighted by Crippen LogP contribution is -2.38. The van der Waals surface area contributed by atoms with Crippen LogP contribution in [0.1, 0.15) is 44.6 Å². The third-order valence-corrected chi connectivity index (χ3v) is 3.60. The lowest BCUT2D eigenvalue weighted by Gasteiger charge is -2.30. The van der Waals surface area contributed by atoms with E-state index in [-0.39, 0.29) is 0 Å². The molecule has 0 spiro atoms. The number of rotatable bonds is 5. The molecule has 2 heteroatoms. The van der Waals surface area contributed by atoms with E-state index >= 15 is 0 Å². The second-order valence-electron chi connectivity index (χ2n) is 5.37. The quantitative estimate of drug-likeness (QED) is 0.857. The molecule has 0 aliphatic heterocycles. The van der Waals surface area contributed by atoms with Gasteiger partial charge in [-0.05, 0) is 63.3 Å². The van der Waals surface area contributed by atoms with Crippen molar-refractivity contribution in [3.63, 3.8) is 0 Å². The van der Waals surface area contributed by atoms with E-state index < -0.39 is 0 Å². The molecule has 2 rings (SSSR count). The van der Waals surface area contributed by atoms with Crippen LogP contribution in [0.4, 0.5) is 0 Å². The van der Waals surface area contributed by atoms with Gasteiger partial charge in [-0.1, -0.05) is 19.1 Å². The summed E-state index contributed by atoms with van der Waals surface area (Å²) in [6, 6.07) is 9.02. The zero-order chi connectivity index (χ0) is 12.8. The molecule has 2 unspecified atom stereocenters. The zero-order valence-corrected chi connectivity index (χ0v) is 11.6. The van der Waals surface area contributed by atoms with Gasteiger partial charge < -0.3 is 10.1 Å². The molecule has 1 aromatic carbocycles. The van der Waals surface area contributed by atoms with Crippen molar-refractivity contribution in [2.75, 3.05) is 6.54 Å². The fraction of sp³-hybridized carbons (Fsp3) is 0.625. The summed E-state index contributed by atoms with van der Waals surface area (Å²) in [4.78, 5) is 0. The standard InChI is InChI=1S/C16H25NO/c1-3-10-17-14-7-5-9-16(12-14)18-15-8-4-6-13(2)11-15/h4,6,8,11,14,16-17H,3,5,7,9-10,12H2,1-2H3. The number of hydrogen-bond donors (Lipinski definition) is 1. The predicted molar refractivity (Wildman–Crippen MR) is 76.1 cm³/mol. The Kier molecular flexibility index (Phi) is 5.06. The van der Waals surface area contributed by atoms with Crippen molar-refractivity contribution < 1.29 is 4.74 Å². The van der Waals surface area contributed by atoms with Gasteiger partial charge in [-0.2, -0.15) is 0 Å². The molecule has 1 aromatic rings. The molecular formula is C16H25NO. The third kappa shape index (κ3) is 4.02. The molecule has 1 saturated carbocycles. The van der Waals surface area contributed by atoms with Crippen LogP contribution in [-0.4, -0.2) is 18.7 Å². The lowest BCUT2D eigenvalue weighted by molar-refractivity contribution is 0.135. The van der Waals surface area contributed by atoms with Gasteiger partial charge in [-0.3, -0.25) is 0 Å². The molecule has 1 aliphatic rings. The van der Waals surface area contributed by atoms with Crippen LogP contribution in [0.3, 0.4) is 0 Å². The van der Waals surface area contributed by atoms with Gasteiger partial charge in [0.05, 0.1) is 0 Å². The summed E-state index contributed by atoms with van der Waals surface area (Å²) in [5.41, 5.74) is 1.27. The monoisotopic (exact) mass is 247 g/mol. The minimum absolute atomic E-state index is 0.384. The summed E-state index contributed by atoms with van der Waals surface area (Å²) in [6.45, 7) is 5.46. The van der Waals surface area contributed by atoms with Gasteiger partial charge in [0, 0.05) is 6.04 Å². The summed E-state index contributed by atoms with van der Waals surface area (Å²) >= 11 is 0. The molecule has 0 amide bonds. The van der Waals surface area contributed by atoms with Gasteiger partial charge in [0.25, 0.3) is 0 Å². The molecule has 1 aliphatic carbocycles. The van der Waals surface area contributed by atoms with Crippen molar-refractivity contribution in [1.29, 1.82) is 0 Å². The van der Waals surface area contributed by atoms with Crippen molar-refractivity contribution in [3.8, 4) is 5.75 Å². The Morgan fingerprint density at radius 1 is 1.33 bits per heavy atom. The number of hydrogen-bond acceptors (Lipinski definition) is 2. The molecule has 0 heterocycles. The summed E-state index contributed by atoms with van der Waals surface area (Å²) in [6.07, 6.45) is 6.51. The van der Waals surface area contributed by atoms with Crippen molar-refractivity contribution >= 4 is 0 Å². The summed E-state index contributed by atoms with van der Waals surface area (Å²) in [7, 11) is 0. The Bertz CT molecular complexity index is 364. The van der Waals surface area contributed by atoms with Crippen LogP contribution >= 0.6 is 0 Å². The number of ether oxygens (including phenoxy) is 1. The Hall–Kier alpha value is -1.02. The first-order chi connectivity index (χ1) is 8.78. The van der Waals surface area contributed by atoms with E-state index in [0.717, 1.165) is 18.7 Å². The Morgan fingerprint density at radius 2 is 2.22 bits per heavy atom. The Balaban J connectivity index is 1.85. The molecule has 0 bridgehead atoms. The molecule has 2 nitrogen and oxygen atoms in total. The van der Waals surface area contributed by atoms with Crippen LogP contribution in [-0.2, 0) is 0 Å². The van der Waals surface area contributed by atoms with Crippen molar-refractivity contribution in [2.24, 2.45) is 0 Å². The smallest absolute Gasteiger partial charge is 0.119 e. The topological polar surface area (TPSA) is 21.3 Å². The minimum atomic E-state index is 0.384. The van der Waals surface area contributed by atoms with E-state index in [1.165, 1.54) is 31.2 Å². The average molecular weight is 247 g/mol. The number of nitrogens with one attached hydrogen (secondary N) is 1. The van der Waals surface area contributed by atoms with E-state index in [1.807, 2.05) is 0 Å². The molecule has 0 saturated heterocycles. The van der Waals surface area contributed by atoms with E-state index in [1.54, 1.807) is 0 Å². The van der Waals surface area contributed by atoms with E-state index in [9.17, 15) is 0 Å². The highest BCUT2D eigenvalue weighted by Gasteiger charge is 2.22. The molecule has 2 atom stereocenters. The van der Waals surface area contributed by atoms with Crippen LogP contribution in [0, 0.1) is 6.92 Å². The fourth-order valence-corrected chi connectivity index (χ4v) is 2.67. The zero-order valence-electron chi connectivity index (χ0n) is 11.6. The van der Waals surface area contributed by atoms with Gasteiger partial charge in [-0.25, -0.2) is 0 Å². The molecule has 1 N–H and O–H groups in total. The van der Waals surface area contributed by atoms with Crippen LogP contribution in [0.5, 0.6) is 5.75 Å². The van der Waals surface area contributed by atoms with E-state index in [4.69, 9.17) is 4.74 Å². The van der Waals surface area contributed by atoms with Crippen LogP contribution in [0.2, 0.25) is 0 Å². The third-order valence-electron chi connectivity index (χ3n) is 3.60. The highest BCUT2D eigenvalue weighted by molar-refractivity contribution is 5.27. The van der Waals surface area contributed by atoms with Gasteiger partial charge in [-0.15, -0.1) is 0 Å². The van der Waals surface area contributed by atoms with E-state index in [2.05, 4.69) is 43.4 Å². The average Bonchev–Trinajstić information content (AvgIpc) is 2.37. The second-order valence-corrected chi connectivity index (χ2v) is 5.37. The van der Waals surface area contributed by atoms with Crippen LogP contribution in [0.15, 0.2) is 24.3 Å². The Morgan fingerprint density at radius 3 is 3.00 bits per heavy atom. The van der Waals surface area contributed by atoms with Gasteiger partial charge in [0.1, 0.15) is 11.9 Å². The fourth-order valence-electron chi connectivity index (χ4n) is 2.67. The summed E-state index contributed by atoms with van der Waals surface area (Å²) in [5.74, 6) is 1.02. The SMILES string of the molecule is CCCNC1CCCC(Oc2cccc(C)c2)C1. The number of benzene rings is 1. The molecule has 1 fully saturated rings. The first-order valence-corrected chi connectivity index (χ1v) is 7.24. The molecule has 100 valence electrons. The van der Waals surface area contributed by atoms with Gasteiger partial charge in [0.2, 0.25) is 0 Å². The molecule has 0 aromatic heterocycles. The Labute approximate surface area is 111 Å². The predicted octanol–water partition coefficient (Wildman–Crippen LogP) is 3.68. The number of aryl methyl sites for hydroxylation is 1. The van der Waals surface area contributed by atoms with Crippen molar-refractivity contribution in [1.82, 2.24) is 5.32 Å². The maximum atomic E-state index is 6.11. The molecule has 0 radical (unpaired) electrons. The van der Waals surface area contributed by atoms with Gasteiger partial charge >= 0.3 is 0 Å². The van der Waals surface area contributed by atoms with Crippen LogP contribution in [0.25, 0.3) is 0 Å². The van der Waals surface area contributed by atoms with Crippen LogP contribution < -0.4 is 10.1 Å². The van der Waals surface area contributed by atoms with Gasteiger partial charge in [0.15, 0.2) is 0 Å². The molecular weight excluding hydrogens is 222 g/mol. The largest absolute Gasteiger partial charge is 0.490 e. The maximum Gasteiger partial charge on any atom is 0.119 e. The summed E-state index contributed by atoms with van der Waals surface area (Å²) in [5, 5.41) is 3.62. The first kappa shape index (κ1) is 13.4. The van der Waals surface area contributed by atoms with Crippen molar-refractivity contribution in [2.45, 2.75) is 58.1 Å². The highest BCUT2D eigenvalue weighted by atomic mass is 16.5. The maximum absolute atomic E-state index is 6.11. The second kappa shape index (κ2) is 6.79. The first-order valence-electron chi connectivity index (χ1n) is 7.24. The molecule has 18 heavy (non-hydrogen) atoms. The normalized spacial score (nSPS) is 23.9. The minimum Gasteiger partial charge on any atom is -0.490 e.